The number of aryl methyl sites for hydroxylation is 1. The Morgan fingerprint density at radius 2 is 2.03 bits per heavy atom. The van der Waals surface area contributed by atoms with E-state index in [0.717, 1.165) is 23.1 Å². The van der Waals surface area contributed by atoms with E-state index in [1.54, 1.807) is 31.4 Å². The number of ether oxygens (including phenoxy) is 2. The first-order chi connectivity index (χ1) is 13.7. The number of amides is 1. The van der Waals surface area contributed by atoms with Crippen molar-refractivity contribution < 1.29 is 22.7 Å². The molecule has 2 atom stereocenters. The van der Waals surface area contributed by atoms with Crippen LogP contribution in [-0.2, 0) is 14.8 Å². The van der Waals surface area contributed by atoms with Crippen molar-refractivity contribution in [1.29, 1.82) is 0 Å². The lowest BCUT2D eigenvalue weighted by Gasteiger charge is -2.34. The van der Waals surface area contributed by atoms with Crippen molar-refractivity contribution in [1.82, 2.24) is 5.32 Å². The molecule has 3 rings (SSSR count). The average molecular weight is 419 g/mol. The third-order valence-electron chi connectivity index (χ3n) is 4.97. The van der Waals surface area contributed by atoms with Crippen LogP contribution < -0.4 is 19.1 Å². The van der Waals surface area contributed by atoms with Crippen LogP contribution >= 0.6 is 0 Å². The van der Waals surface area contributed by atoms with Gasteiger partial charge in [-0.15, -0.1) is 0 Å². The monoisotopic (exact) mass is 418 g/mol. The molecule has 1 amide bonds. The minimum absolute atomic E-state index is 0.0697. The Kier molecular flexibility index (Phi) is 6.02. The molecule has 29 heavy (non-hydrogen) atoms. The Hall–Kier alpha value is -2.74. The number of rotatable bonds is 6. The molecule has 0 aromatic heterocycles. The second-order valence-electron chi connectivity index (χ2n) is 7.07. The van der Waals surface area contributed by atoms with Gasteiger partial charge in [-0.05, 0) is 42.7 Å². The van der Waals surface area contributed by atoms with Crippen molar-refractivity contribution in [3.05, 3.63) is 53.6 Å². The summed E-state index contributed by atoms with van der Waals surface area (Å²) < 4.78 is 36.8. The molecule has 0 saturated carbocycles. The predicted molar refractivity (Wildman–Crippen MR) is 112 cm³/mol. The molecule has 156 valence electrons. The number of anilines is 1. The zero-order valence-corrected chi connectivity index (χ0v) is 17.8. The SMILES string of the molecule is CCC(NC(=O)C1CN(S(C)(=O)=O)c2ccccc2O1)c1ccc(OC)c(C)c1. The van der Waals surface area contributed by atoms with Crippen LogP contribution in [-0.4, -0.2) is 40.3 Å². The van der Waals surface area contributed by atoms with Crippen LogP contribution in [0.25, 0.3) is 0 Å². The Bertz CT molecular complexity index is 1010. The fourth-order valence-corrected chi connectivity index (χ4v) is 4.37. The summed E-state index contributed by atoms with van der Waals surface area (Å²) in [5.74, 6) is 0.803. The maximum atomic E-state index is 12.9. The topological polar surface area (TPSA) is 84.9 Å². The maximum Gasteiger partial charge on any atom is 0.263 e. The lowest BCUT2D eigenvalue weighted by atomic mass is 10.0. The van der Waals surface area contributed by atoms with Gasteiger partial charge in [-0.25, -0.2) is 8.42 Å². The predicted octanol–water partition coefficient (Wildman–Crippen LogP) is 2.80. The van der Waals surface area contributed by atoms with Crippen molar-refractivity contribution in [3.8, 4) is 11.5 Å². The van der Waals surface area contributed by atoms with Crippen LogP contribution in [0.15, 0.2) is 42.5 Å². The highest BCUT2D eigenvalue weighted by Gasteiger charge is 2.35. The van der Waals surface area contributed by atoms with Crippen LogP contribution in [0.3, 0.4) is 0 Å². The summed E-state index contributed by atoms with van der Waals surface area (Å²) in [6.45, 7) is 3.85. The van der Waals surface area contributed by atoms with Crippen LogP contribution in [0.4, 0.5) is 5.69 Å². The molecule has 0 bridgehead atoms. The first kappa shape index (κ1) is 21.0. The van der Waals surface area contributed by atoms with E-state index in [9.17, 15) is 13.2 Å². The lowest BCUT2D eigenvalue weighted by Crippen LogP contribution is -2.51. The van der Waals surface area contributed by atoms with E-state index in [1.165, 1.54) is 4.31 Å². The zero-order chi connectivity index (χ0) is 21.2. The fourth-order valence-electron chi connectivity index (χ4n) is 3.46. The summed E-state index contributed by atoms with van der Waals surface area (Å²) >= 11 is 0. The second kappa shape index (κ2) is 8.32. The van der Waals surface area contributed by atoms with E-state index in [4.69, 9.17) is 9.47 Å². The van der Waals surface area contributed by atoms with Crippen molar-refractivity contribution in [3.63, 3.8) is 0 Å². The van der Waals surface area contributed by atoms with Crippen molar-refractivity contribution in [2.75, 3.05) is 24.2 Å². The molecule has 1 aliphatic heterocycles. The van der Waals surface area contributed by atoms with Gasteiger partial charge in [-0.2, -0.15) is 0 Å². The van der Waals surface area contributed by atoms with E-state index in [1.807, 2.05) is 32.0 Å². The number of hydrogen-bond donors (Lipinski definition) is 1. The summed E-state index contributed by atoms with van der Waals surface area (Å²) in [6.07, 6.45) is 0.864. The number of carbonyl (C=O) groups excluding carboxylic acids is 1. The summed E-state index contributed by atoms with van der Waals surface area (Å²) in [4.78, 5) is 12.9. The molecular weight excluding hydrogens is 392 g/mol. The number of fused-ring (bicyclic) bond motifs is 1. The molecule has 0 fully saturated rings. The Labute approximate surface area is 171 Å². The minimum atomic E-state index is -3.55. The van der Waals surface area contributed by atoms with Crippen LogP contribution in [0.5, 0.6) is 11.5 Å². The average Bonchev–Trinajstić information content (AvgIpc) is 2.70. The van der Waals surface area contributed by atoms with Gasteiger partial charge in [-0.3, -0.25) is 9.10 Å². The summed E-state index contributed by atoms with van der Waals surface area (Å²) in [6, 6.07) is 12.4. The number of carbonyl (C=O) groups is 1. The molecular formula is C21H26N2O5S. The Morgan fingerprint density at radius 3 is 2.66 bits per heavy atom. The maximum absolute atomic E-state index is 12.9. The van der Waals surface area contributed by atoms with Crippen molar-refractivity contribution in [2.24, 2.45) is 0 Å². The zero-order valence-electron chi connectivity index (χ0n) is 17.0. The standard InChI is InChI=1S/C21H26N2O5S/c1-5-16(15-10-11-18(27-3)14(2)12-15)22-21(24)20-13-23(29(4,25)26)17-8-6-7-9-19(17)28-20/h6-12,16,20H,5,13H2,1-4H3,(H,22,24). The van der Waals surface area contributed by atoms with E-state index >= 15 is 0 Å². The van der Waals surface area contributed by atoms with Crippen LogP contribution in [0.1, 0.15) is 30.5 Å². The van der Waals surface area contributed by atoms with E-state index in [0.29, 0.717) is 17.9 Å². The molecule has 0 radical (unpaired) electrons. The molecule has 2 unspecified atom stereocenters. The van der Waals surface area contributed by atoms with Gasteiger partial charge in [0.2, 0.25) is 10.0 Å². The van der Waals surface area contributed by atoms with E-state index in [-0.39, 0.29) is 18.5 Å². The number of nitrogens with one attached hydrogen (secondary N) is 1. The second-order valence-corrected chi connectivity index (χ2v) is 8.97. The normalized spacial score (nSPS) is 17.1. The molecule has 1 heterocycles. The number of para-hydroxylation sites is 2. The quantitative estimate of drug-likeness (QED) is 0.780. The summed E-state index contributed by atoms with van der Waals surface area (Å²) in [7, 11) is -1.93. The molecule has 2 aromatic carbocycles. The number of hydrogen-bond acceptors (Lipinski definition) is 5. The third-order valence-corrected chi connectivity index (χ3v) is 6.12. The fraction of sp³-hybridized carbons (Fsp3) is 0.381. The summed E-state index contributed by atoms with van der Waals surface area (Å²) in [5.41, 5.74) is 2.37. The van der Waals surface area contributed by atoms with Crippen LogP contribution in [0.2, 0.25) is 0 Å². The molecule has 1 N–H and O–H groups in total. The van der Waals surface area contributed by atoms with Gasteiger partial charge >= 0.3 is 0 Å². The first-order valence-corrected chi connectivity index (χ1v) is 11.3. The van der Waals surface area contributed by atoms with Gasteiger partial charge in [0.25, 0.3) is 5.91 Å². The van der Waals surface area contributed by atoms with Crippen molar-refractivity contribution in [2.45, 2.75) is 32.4 Å². The van der Waals surface area contributed by atoms with Gasteiger partial charge in [0.1, 0.15) is 11.5 Å². The van der Waals surface area contributed by atoms with Crippen molar-refractivity contribution >= 4 is 21.6 Å². The molecule has 0 aliphatic carbocycles. The largest absolute Gasteiger partial charge is 0.496 e. The number of nitrogens with zero attached hydrogens (tertiary/aromatic N) is 1. The highest BCUT2D eigenvalue weighted by Crippen LogP contribution is 2.35. The summed E-state index contributed by atoms with van der Waals surface area (Å²) in [5, 5.41) is 2.99. The van der Waals surface area contributed by atoms with Gasteiger partial charge in [-0.1, -0.05) is 31.2 Å². The van der Waals surface area contributed by atoms with Gasteiger partial charge < -0.3 is 14.8 Å². The Balaban J connectivity index is 1.82. The van der Waals surface area contributed by atoms with Gasteiger partial charge in [0.15, 0.2) is 6.10 Å². The highest BCUT2D eigenvalue weighted by molar-refractivity contribution is 7.92. The number of methoxy groups -OCH3 is 1. The molecule has 7 nitrogen and oxygen atoms in total. The van der Waals surface area contributed by atoms with E-state index < -0.39 is 16.1 Å². The molecule has 2 aromatic rings. The number of sulfonamides is 1. The molecule has 8 heteroatoms. The molecule has 1 aliphatic rings. The minimum Gasteiger partial charge on any atom is -0.496 e. The third kappa shape index (κ3) is 4.48. The van der Waals surface area contributed by atoms with Crippen LogP contribution in [0, 0.1) is 6.92 Å². The smallest absolute Gasteiger partial charge is 0.263 e. The molecule has 0 saturated heterocycles. The van der Waals surface area contributed by atoms with Gasteiger partial charge in [0.05, 0.1) is 31.6 Å². The molecule has 0 spiro atoms. The van der Waals surface area contributed by atoms with Gasteiger partial charge in [0, 0.05) is 0 Å². The highest BCUT2D eigenvalue weighted by atomic mass is 32.2. The first-order valence-electron chi connectivity index (χ1n) is 9.43. The van der Waals surface area contributed by atoms with E-state index in [2.05, 4.69) is 5.32 Å². The number of benzene rings is 2. The Morgan fingerprint density at radius 1 is 1.31 bits per heavy atom. The lowest BCUT2D eigenvalue weighted by molar-refractivity contribution is -0.128.